The third-order valence-corrected chi connectivity index (χ3v) is 9.54. The molecule has 1 aromatic carbocycles. The highest BCUT2D eigenvalue weighted by Gasteiger charge is 2.32. The van der Waals surface area contributed by atoms with Crippen molar-refractivity contribution in [3.8, 4) is 0 Å². The number of aromatic nitrogens is 1. The number of halogens is 1. The molecule has 0 unspecified atom stereocenters. The Morgan fingerprint density at radius 2 is 1.72 bits per heavy atom. The van der Waals surface area contributed by atoms with Gasteiger partial charge in [0.15, 0.2) is 10.8 Å². The first kappa shape index (κ1) is 39.8. The number of hydrogen-bond donors (Lipinski definition) is 5. The second kappa shape index (κ2) is 19.5. The summed E-state index contributed by atoms with van der Waals surface area (Å²) in [7, 11) is 0. The number of carbonyl (C=O) groups excluding carboxylic acids is 4. The minimum Gasteiger partial charge on any atom is -0.481 e. The average Bonchev–Trinajstić information content (AvgIpc) is 3.54. The minimum atomic E-state index is -0.945. The smallest absolute Gasteiger partial charge is 0.306 e. The number of aliphatic carboxylic acids is 1. The molecule has 1 aliphatic heterocycles. The molecular weight excluding hydrogens is 642 g/mol. The van der Waals surface area contributed by atoms with E-state index in [1.165, 1.54) is 5.38 Å². The molecule has 0 spiro atoms. The van der Waals surface area contributed by atoms with Crippen LogP contribution in [0.3, 0.4) is 0 Å². The minimum absolute atomic E-state index is 0. The monoisotopic (exact) mass is 691 g/mol. The molecule has 0 bridgehead atoms. The Labute approximate surface area is 287 Å². The van der Waals surface area contributed by atoms with Gasteiger partial charge >= 0.3 is 5.97 Å². The maximum Gasteiger partial charge on any atom is 0.306 e. The van der Waals surface area contributed by atoms with Crippen molar-refractivity contribution in [2.45, 2.75) is 104 Å². The molecule has 5 N–H and O–H groups in total. The van der Waals surface area contributed by atoms with Gasteiger partial charge in [-0.25, -0.2) is 4.98 Å². The lowest BCUT2D eigenvalue weighted by Crippen LogP contribution is -2.57. The van der Waals surface area contributed by atoms with Gasteiger partial charge in [0.2, 0.25) is 11.8 Å². The van der Waals surface area contributed by atoms with E-state index in [1.807, 2.05) is 58.0 Å². The molecule has 3 amide bonds. The standard InChI is InChI=1S/C34H49N5O6S.ClH/c1-6-21(4)29(39-30(41)25-14-10-11-15-35-25)32(43)37-26(20(2)3)18-28(40)33-38-27(19-46-33)31(42)36-24(16-22(5)34(44)45)17-23-12-8-7-9-13-23;/h7-9,12-13,19-22,24-26,29,35H,6,10-11,14-18H2,1-5H3,(H,36,42)(H,37,43)(H,39,41)(H,44,45);1H/t21-,22-,24+,25+,26+,29-;/m0./s1. The second-order valence-electron chi connectivity index (χ2n) is 12.7. The molecule has 6 atom stereocenters. The molecule has 3 rings (SSSR count). The van der Waals surface area contributed by atoms with Crippen LogP contribution in [0.15, 0.2) is 35.7 Å². The van der Waals surface area contributed by atoms with E-state index in [9.17, 15) is 29.1 Å². The van der Waals surface area contributed by atoms with Crippen LogP contribution >= 0.6 is 23.7 Å². The van der Waals surface area contributed by atoms with Crippen LogP contribution in [0.25, 0.3) is 0 Å². The molecular formula is C34H50ClN5O6S. The molecule has 1 fully saturated rings. The molecule has 0 saturated carbocycles. The summed E-state index contributed by atoms with van der Waals surface area (Å²) >= 11 is 1.06. The zero-order chi connectivity index (χ0) is 33.8. The summed E-state index contributed by atoms with van der Waals surface area (Å²) in [5, 5.41) is 23.2. The van der Waals surface area contributed by atoms with Gasteiger partial charge < -0.3 is 26.4 Å². The zero-order valence-corrected chi connectivity index (χ0v) is 29.5. The summed E-state index contributed by atoms with van der Waals surface area (Å²) in [6.07, 6.45) is 4.06. The van der Waals surface area contributed by atoms with E-state index in [0.29, 0.717) is 12.8 Å². The van der Waals surface area contributed by atoms with Crippen LogP contribution in [0.2, 0.25) is 0 Å². The number of hydrogen-bond acceptors (Lipinski definition) is 8. The fraction of sp³-hybridized carbons (Fsp3) is 0.588. The van der Waals surface area contributed by atoms with Crippen molar-refractivity contribution in [3.05, 3.63) is 52.0 Å². The van der Waals surface area contributed by atoms with E-state index >= 15 is 0 Å². The van der Waals surface area contributed by atoms with Crippen molar-refractivity contribution < 1.29 is 29.1 Å². The van der Waals surface area contributed by atoms with Crippen molar-refractivity contribution in [2.75, 3.05) is 6.54 Å². The lowest BCUT2D eigenvalue weighted by molar-refractivity contribution is -0.141. The number of Topliss-reactive ketones (excluding diaryl/α,β-unsaturated/α-hetero) is 1. The highest BCUT2D eigenvalue weighted by Crippen LogP contribution is 2.19. The van der Waals surface area contributed by atoms with Gasteiger partial charge in [0, 0.05) is 23.9 Å². The topological polar surface area (TPSA) is 167 Å². The first-order valence-electron chi connectivity index (χ1n) is 16.3. The molecule has 1 saturated heterocycles. The van der Waals surface area contributed by atoms with E-state index < -0.39 is 35.9 Å². The van der Waals surface area contributed by atoms with Crippen molar-refractivity contribution in [2.24, 2.45) is 17.8 Å². The lowest BCUT2D eigenvalue weighted by Gasteiger charge is -2.30. The van der Waals surface area contributed by atoms with Crippen LogP contribution in [0.1, 0.15) is 99.0 Å². The molecule has 1 aromatic heterocycles. The van der Waals surface area contributed by atoms with Crippen molar-refractivity contribution >= 4 is 53.2 Å². The maximum atomic E-state index is 13.5. The van der Waals surface area contributed by atoms with Gasteiger partial charge in [-0.3, -0.25) is 24.0 Å². The Morgan fingerprint density at radius 1 is 1.02 bits per heavy atom. The summed E-state index contributed by atoms with van der Waals surface area (Å²) in [5.74, 6) is -3.11. The molecule has 1 aliphatic rings. The molecule has 2 aromatic rings. The molecule has 2 heterocycles. The molecule has 47 heavy (non-hydrogen) atoms. The highest BCUT2D eigenvalue weighted by atomic mass is 35.5. The lowest BCUT2D eigenvalue weighted by atomic mass is 9.94. The first-order valence-corrected chi connectivity index (χ1v) is 17.2. The van der Waals surface area contributed by atoms with Crippen molar-refractivity contribution in [3.63, 3.8) is 0 Å². The van der Waals surface area contributed by atoms with Crippen LogP contribution in [0, 0.1) is 17.8 Å². The van der Waals surface area contributed by atoms with Gasteiger partial charge in [-0.05, 0) is 49.6 Å². The predicted octanol–water partition coefficient (Wildman–Crippen LogP) is 4.40. The summed E-state index contributed by atoms with van der Waals surface area (Å²) < 4.78 is 0. The molecule has 0 radical (unpaired) electrons. The van der Waals surface area contributed by atoms with Gasteiger partial charge in [0.1, 0.15) is 11.7 Å². The van der Waals surface area contributed by atoms with Crippen LogP contribution in [0.5, 0.6) is 0 Å². The van der Waals surface area contributed by atoms with Crippen LogP contribution in [-0.2, 0) is 20.8 Å². The SMILES string of the molecule is CC[C@H](C)[C@H](NC(=O)[C@H]1CCCCN1)C(=O)N[C@H](CC(=O)c1nc(C(=O)N[C@@H](Cc2ccccc2)C[C@H](C)C(=O)O)cs1)C(C)C.Cl. The molecule has 0 aliphatic carbocycles. The number of thiazole rings is 1. The maximum absolute atomic E-state index is 13.5. The van der Waals surface area contributed by atoms with Gasteiger partial charge in [-0.15, -0.1) is 23.7 Å². The summed E-state index contributed by atoms with van der Waals surface area (Å²) in [6, 6.07) is 7.48. The highest BCUT2D eigenvalue weighted by molar-refractivity contribution is 7.11. The number of benzene rings is 1. The fourth-order valence-electron chi connectivity index (χ4n) is 5.43. The van der Waals surface area contributed by atoms with Gasteiger partial charge in [0.25, 0.3) is 5.91 Å². The number of ketones is 1. The largest absolute Gasteiger partial charge is 0.481 e. The Bertz CT molecular complexity index is 1330. The Kier molecular flexibility index (Phi) is 16.5. The number of carboxylic acid groups (broad SMARTS) is 1. The number of rotatable bonds is 17. The summed E-state index contributed by atoms with van der Waals surface area (Å²) in [4.78, 5) is 68.7. The molecule has 260 valence electrons. The third-order valence-electron chi connectivity index (χ3n) is 8.65. The summed E-state index contributed by atoms with van der Waals surface area (Å²) in [5.41, 5.74) is 1.04. The van der Waals surface area contributed by atoms with Crippen molar-refractivity contribution in [1.82, 2.24) is 26.3 Å². The van der Waals surface area contributed by atoms with Crippen molar-refractivity contribution in [1.29, 1.82) is 0 Å². The second-order valence-corrected chi connectivity index (χ2v) is 13.6. The van der Waals surface area contributed by atoms with Gasteiger partial charge in [0.05, 0.1) is 12.0 Å². The van der Waals surface area contributed by atoms with E-state index in [1.54, 1.807) is 6.92 Å². The van der Waals surface area contributed by atoms with Crippen LogP contribution < -0.4 is 21.3 Å². The average molecular weight is 692 g/mol. The van der Waals surface area contributed by atoms with Crippen LogP contribution in [0.4, 0.5) is 0 Å². The Morgan fingerprint density at radius 3 is 2.32 bits per heavy atom. The normalized spacial score (nSPS) is 17.7. The Balaban J connectivity index is 0.00000768. The number of carboxylic acids is 1. The number of nitrogens with zero attached hydrogens (tertiary/aromatic N) is 1. The number of nitrogens with one attached hydrogen (secondary N) is 4. The quantitative estimate of drug-likeness (QED) is 0.152. The number of carbonyl (C=O) groups is 5. The van der Waals surface area contributed by atoms with Gasteiger partial charge in [-0.1, -0.05) is 77.8 Å². The van der Waals surface area contributed by atoms with E-state index in [-0.39, 0.29) is 71.4 Å². The van der Waals surface area contributed by atoms with Crippen LogP contribution in [-0.4, -0.2) is 70.3 Å². The molecule has 13 heteroatoms. The zero-order valence-electron chi connectivity index (χ0n) is 27.9. The van der Waals surface area contributed by atoms with E-state index in [0.717, 1.165) is 42.7 Å². The van der Waals surface area contributed by atoms with E-state index in [4.69, 9.17) is 0 Å². The Hall–Kier alpha value is -3.35. The predicted molar refractivity (Wildman–Crippen MR) is 185 cm³/mol. The number of piperidine rings is 1. The van der Waals surface area contributed by atoms with E-state index in [2.05, 4.69) is 26.3 Å². The number of amides is 3. The fourth-order valence-corrected chi connectivity index (χ4v) is 6.18. The van der Waals surface area contributed by atoms with Gasteiger partial charge in [-0.2, -0.15) is 0 Å². The summed E-state index contributed by atoms with van der Waals surface area (Å²) in [6.45, 7) is 10.1. The third kappa shape index (κ3) is 12.3. The first-order chi connectivity index (χ1) is 21.9. The molecule has 11 nitrogen and oxygen atoms in total.